The monoisotopic (exact) mass is 364 g/mol. The summed E-state index contributed by atoms with van der Waals surface area (Å²) in [5.74, 6) is 2.76. The summed E-state index contributed by atoms with van der Waals surface area (Å²) < 4.78 is 0. The fourth-order valence-corrected chi connectivity index (χ4v) is 3.14. The second kappa shape index (κ2) is 6.92. The molecule has 134 valence electrons. The van der Waals surface area contributed by atoms with Crippen molar-refractivity contribution in [2.45, 2.75) is 0 Å². The van der Waals surface area contributed by atoms with Crippen molar-refractivity contribution < 1.29 is 0 Å². The molecular weight excluding hydrogens is 348 g/mol. The zero-order valence-electron chi connectivity index (χ0n) is 14.9. The molecule has 0 aliphatic carbocycles. The van der Waals surface area contributed by atoms with Crippen LogP contribution in [0.3, 0.4) is 0 Å². The lowest BCUT2D eigenvalue weighted by molar-refractivity contribution is 1.05. The van der Waals surface area contributed by atoms with Crippen LogP contribution in [0.1, 0.15) is 0 Å². The molecule has 5 aromatic rings. The van der Waals surface area contributed by atoms with E-state index >= 15 is 0 Å². The maximum absolute atomic E-state index is 4.41. The van der Waals surface area contributed by atoms with Gasteiger partial charge in [-0.05, 0) is 47.2 Å². The number of rotatable bonds is 4. The molecule has 5 rings (SSSR count). The molecule has 6 nitrogen and oxygen atoms in total. The van der Waals surface area contributed by atoms with E-state index in [0.29, 0.717) is 11.6 Å². The van der Waals surface area contributed by atoms with E-state index in [1.54, 1.807) is 12.4 Å². The molecule has 0 fully saturated rings. The standard InChI is InChI=1S/C22H16N6/c1-2-8-16-14-18-17(13-15(16)7-1)21(25-19-9-3-5-11-23-19)27-28-22(18)26-20-10-4-6-12-24-20/h1-14H,(H,23,25,27)(H,24,26,28). The van der Waals surface area contributed by atoms with Crippen molar-refractivity contribution in [2.24, 2.45) is 0 Å². The molecule has 0 atom stereocenters. The van der Waals surface area contributed by atoms with Gasteiger partial charge in [0.25, 0.3) is 0 Å². The van der Waals surface area contributed by atoms with Crippen molar-refractivity contribution in [3.63, 3.8) is 0 Å². The zero-order chi connectivity index (χ0) is 18.8. The number of hydrogen-bond donors (Lipinski definition) is 2. The van der Waals surface area contributed by atoms with Gasteiger partial charge in [-0.1, -0.05) is 36.4 Å². The fourth-order valence-electron chi connectivity index (χ4n) is 3.14. The lowest BCUT2D eigenvalue weighted by Gasteiger charge is -2.13. The highest BCUT2D eigenvalue weighted by Gasteiger charge is 2.12. The Morgan fingerprint density at radius 2 is 1.00 bits per heavy atom. The average molecular weight is 364 g/mol. The third kappa shape index (κ3) is 3.07. The van der Waals surface area contributed by atoms with Crippen LogP contribution >= 0.6 is 0 Å². The molecule has 0 bridgehead atoms. The van der Waals surface area contributed by atoms with Gasteiger partial charge in [0.05, 0.1) is 0 Å². The first-order valence-corrected chi connectivity index (χ1v) is 8.92. The Morgan fingerprint density at radius 3 is 1.43 bits per heavy atom. The van der Waals surface area contributed by atoms with Gasteiger partial charge in [-0.2, -0.15) is 0 Å². The highest BCUT2D eigenvalue weighted by Crippen LogP contribution is 2.32. The highest BCUT2D eigenvalue weighted by molar-refractivity contribution is 6.07. The molecule has 3 heterocycles. The molecule has 0 unspecified atom stereocenters. The minimum absolute atomic E-state index is 0.658. The molecule has 0 aliphatic heterocycles. The predicted molar refractivity (Wildman–Crippen MR) is 112 cm³/mol. The normalized spacial score (nSPS) is 10.9. The van der Waals surface area contributed by atoms with E-state index in [9.17, 15) is 0 Å². The van der Waals surface area contributed by atoms with E-state index in [1.165, 1.54) is 0 Å². The third-order valence-electron chi connectivity index (χ3n) is 4.47. The largest absolute Gasteiger partial charge is 0.323 e. The molecule has 0 saturated carbocycles. The summed E-state index contributed by atoms with van der Waals surface area (Å²) in [6, 6.07) is 23.9. The summed E-state index contributed by atoms with van der Waals surface area (Å²) in [4.78, 5) is 8.66. The number of pyridine rings is 2. The van der Waals surface area contributed by atoms with E-state index in [0.717, 1.165) is 33.2 Å². The number of fused-ring (bicyclic) bond motifs is 2. The van der Waals surface area contributed by atoms with E-state index in [2.05, 4.69) is 55.1 Å². The summed E-state index contributed by atoms with van der Waals surface area (Å²) in [7, 11) is 0. The molecule has 2 aromatic carbocycles. The van der Waals surface area contributed by atoms with Crippen LogP contribution in [0, 0.1) is 0 Å². The van der Waals surface area contributed by atoms with Gasteiger partial charge < -0.3 is 10.6 Å². The van der Waals surface area contributed by atoms with Crippen LogP contribution in [-0.4, -0.2) is 20.2 Å². The first kappa shape index (κ1) is 16.1. The zero-order valence-corrected chi connectivity index (χ0v) is 14.9. The Labute approximate surface area is 161 Å². The van der Waals surface area contributed by atoms with Gasteiger partial charge in [-0.15, -0.1) is 10.2 Å². The van der Waals surface area contributed by atoms with Crippen molar-refractivity contribution in [3.8, 4) is 0 Å². The Morgan fingerprint density at radius 1 is 0.536 bits per heavy atom. The second-order valence-corrected chi connectivity index (χ2v) is 6.32. The van der Waals surface area contributed by atoms with Crippen LogP contribution in [0.5, 0.6) is 0 Å². The van der Waals surface area contributed by atoms with Crippen molar-refractivity contribution in [2.75, 3.05) is 10.6 Å². The number of anilines is 4. The Bertz CT molecular complexity index is 1160. The van der Waals surface area contributed by atoms with Gasteiger partial charge in [-0.25, -0.2) is 9.97 Å². The Kier molecular flexibility index (Phi) is 3.99. The molecule has 3 aromatic heterocycles. The Balaban J connectivity index is 1.68. The SMILES string of the molecule is c1ccc(Nc2nnc(Nc3ccccn3)c3cc4ccccc4cc23)nc1. The minimum atomic E-state index is 0.658. The number of hydrogen-bond acceptors (Lipinski definition) is 6. The highest BCUT2D eigenvalue weighted by atomic mass is 15.2. The lowest BCUT2D eigenvalue weighted by Crippen LogP contribution is -2.03. The Hall–Kier alpha value is -4.06. The maximum Gasteiger partial charge on any atom is 0.162 e. The average Bonchev–Trinajstić information content (AvgIpc) is 2.76. The van der Waals surface area contributed by atoms with Crippen LogP contribution in [0.2, 0.25) is 0 Å². The number of nitrogens with one attached hydrogen (secondary N) is 2. The van der Waals surface area contributed by atoms with Crippen LogP contribution in [0.25, 0.3) is 21.5 Å². The summed E-state index contributed by atoms with van der Waals surface area (Å²) >= 11 is 0. The fraction of sp³-hybridized carbons (Fsp3) is 0. The summed E-state index contributed by atoms with van der Waals surface area (Å²) in [6.07, 6.45) is 3.48. The lowest BCUT2D eigenvalue weighted by atomic mass is 10.0. The van der Waals surface area contributed by atoms with Crippen molar-refractivity contribution in [1.29, 1.82) is 0 Å². The van der Waals surface area contributed by atoms with E-state index in [1.807, 2.05) is 48.5 Å². The maximum atomic E-state index is 4.41. The topological polar surface area (TPSA) is 75.6 Å². The van der Waals surface area contributed by atoms with Gasteiger partial charge in [0.15, 0.2) is 11.6 Å². The molecular formula is C22H16N6. The van der Waals surface area contributed by atoms with Gasteiger partial charge in [0.1, 0.15) is 11.6 Å². The molecule has 0 spiro atoms. The van der Waals surface area contributed by atoms with Crippen molar-refractivity contribution in [1.82, 2.24) is 20.2 Å². The molecule has 2 N–H and O–H groups in total. The second-order valence-electron chi connectivity index (χ2n) is 6.32. The van der Waals surface area contributed by atoms with Crippen molar-refractivity contribution >= 4 is 44.8 Å². The van der Waals surface area contributed by atoms with Crippen LogP contribution in [0.4, 0.5) is 23.3 Å². The smallest absolute Gasteiger partial charge is 0.162 e. The molecule has 6 heteroatoms. The minimum Gasteiger partial charge on any atom is -0.323 e. The number of benzene rings is 2. The molecule has 28 heavy (non-hydrogen) atoms. The van der Waals surface area contributed by atoms with Crippen LogP contribution in [0.15, 0.2) is 85.2 Å². The molecule has 0 amide bonds. The van der Waals surface area contributed by atoms with Crippen LogP contribution in [-0.2, 0) is 0 Å². The van der Waals surface area contributed by atoms with Gasteiger partial charge >= 0.3 is 0 Å². The number of aromatic nitrogens is 4. The van der Waals surface area contributed by atoms with Gasteiger partial charge in [0.2, 0.25) is 0 Å². The van der Waals surface area contributed by atoms with E-state index in [-0.39, 0.29) is 0 Å². The van der Waals surface area contributed by atoms with Gasteiger partial charge in [-0.3, -0.25) is 0 Å². The van der Waals surface area contributed by atoms with Crippen LogP contribution < -0.4 is 10.6 Å². The van der Waals surface area contributed by atoms with Crippen molar-refractivity contribution in [3.05, 3.63) is 85.2 Å². The van der Waals surface area contributed by atoms with E-state index < -0.39 is 0 Å². The van der Waals surface area contributed by atoms with E-state index in [4.69, 9.17) is 0 Å². The first-order valence-electron chi connectivity index (χ1n) is 8.92. The molecule has 0 radical (unpaired) electrons. The summed E-state index contributed by atoms with van der Waals surface area (Å²) in [5, 5.41) is 19.6. The first-order chi connectivity index (χ1) is 13.9. The predicted octanol–water partition coefficient (Wildman–Crippen LogP) is 5.06. The number of nitrogens with zero attached hydrogens (tertiary/aromatic N) is 4. The summed E-state index contributed by atoms with van der Waals surface area (Å²) in [6.45, 7) is 0. The summed E-state index contributed by atoms with van der Waals surface area (Å²) in [5.41, 5.74) is 0. The molecule has 0 aliphatic rings. The van der Waals surface area contributed by atoms with Gasteiger partial charge in [0, 0.05) is 23.2 Å². The molecule has 0 saturated heterocycles. The third-order valence-corrected chi connectivity index (χ3v) is 4.47. The quantitative estimate of drug-likeness (QED) is 0.434.